The van der Waals surface area contributed by atoms with Crippen molar-refractivity contribution in [3.8, 4) is 17.0 Å². The topological polar surface area (TPSA) is 95.1 Å². The van der Waals surface area contributed by atoms with Crippen molar-refractivity contribution in [2.75, 3.05) is 19.7 Å². The van der Waals surface area contributed by atoms with Crippen LogP contribution >= 0.6 is 24.8 Å². The van der Waals surface area contributed by atoms with Gasteiger partial charge in [-0.2, -0.15) is 20.4 Å². The Morgan fingerprint density at radius 3 is 2.73 bits per heavy atom. The third-order valence-electron chi connectivity index (χ3n) is 6.38. The molecule has 6 rings (SSSR count). The molecule has 0 spiro atoms. The minimum Gasteiger partial charge on any atom is -0.488 e. The van der Waals surface area contributed by atoms with Gasteiger partial charge in [-0.3, -0.25) is 4.68 Å². The van der Waals surface area contributed by atoms with Gasteiger partial charge in [-0.1, -0.05) is 0 Å². The molecule has 4 aromatic heterocycles. The third kappa shape index (κ3) is 5.51. The van der Waals surface area contributed by atoms with Crippen molar-refractivity contribution in [2.45, 2.75) is 32.2 Å². The fraction of sp³-hybridized carbons (Fsp3) is 0.320. The Morgan fingerprint density at radius 1 is 1.11 bits per heavy atom. The molecule has 5 heterocycles. The monoisotopic (exact) mass is 544 g/mol. The number of ether oxygens (including phenoxy) is 1. The molecular formula is C25H27Cl2FN8O. The SMILES string of the molecule is Cc1cn2nc(-c3cc(F)c4cc(C5CCNCC5)nnc4c3)cc(OCCn3cccn3)c2n1.Cl.Cl. The summed E-state index contributed by atoms with van der Waals surface area (Å²) in [5, 5.41) is 21.5. The highest BCUT2D eigenvalue weighted by molar-refractivity contribution is 5.86. The van der Waals surface area contributed by atoms with E-state index in [2.05, 4.69) is 30.7 Å². The minimum atomic E-state index is -0.340. The van der Waals surface area contributed by atoms with Gasteiger partial charge in [-0.25, -0.2) is 13.9 Å². The molecule has 0 atom stereocenters. The number of halogens is 3. The van der Waals surface area contributed by atoms with Crippen LogP contribution in [0, 0.1) is 12.7 Å². The van der Waals surface area contributed by atoms with Gasteiger partial charge in [0.25, 0.3) is 0 Å². The van der Waals surface area contributed by atoms with Gasteiger partial charge >= 0.3 is 0 Å². The second-order valence-corrected chi connectivity index (χ2v) is 8.85. The van der Waals surface area contributed by atoms with E-state index >= 15 is 4.39 Å². The maximum absolute atomic E-state index is 15.3. The Balaban J connectivity index is 0.00000160. The van der Waals surface area contributed by atoms with Crippen LogP contribution in [0.15, 0.2) is 48.9 Å². The summed E-state index contributed by atoms with van der Waals surface area (Å²) in [6, 6.07) is 8.83. The first-order valence-corrected chi connectivity index (χ1v) is 11.8. The molecule has 0 saturated carbocycles. The summed E-state index contributed by atoms with van der Waals surface area (Å²) in [5.41, 5.74) is 3.94. The summed E-state index contributed by atoms with van der Waals surface area (Å²) in [7, 11) is 0. The Bertz CT molecular complexity index is 1500. The summed E-state index contributed by atoms with van der Waals surface area (Å²) >= 11 is 0. The van der Waals surface area contributed by atoms with E-state index in [0.717, 1.165) is 37.3 Å². The van der Waals surface area contributed by atoms with Crippen LogP contribution in [0.1, 0.15) is 30.1 Å². The Kier molecular flexibility index (Phi) is 8.21. The Hall–Kier alpha value is -3.34. The molecule has 1 aliphatic heterocycles. The van der Waals surface area contributed by atoms with Crippen molar-refractivity contribution in [3.05, 3.63) is 66.1 Å². The standard InChI is InChI=1S/C25H25FN8O.2ClH/c1-16-15-34-25(29-16)24(35-10-9-33-8-2-5-28-33)14-22(32-34)18-11-20(26)19-13-21(30-31-23(19)12-18)17-3-6-27-7-4-17;;/h2,5,8,11-15,17,27H,3-4,6-7,9-10H2,1H3;2*1H. The number of imidazole rings is 1. The number of piperidine rings is 1. The van der Waals surface area contributed by atoms with E-state index in [1.54, 1.807) is 21.5 Å². The van der Waals surface area contributed by atoms with Crippen molar-refractivity contribution in [1.82, 2.24) is 39.9 Å². The van der Waals surface area contributed by atoms with Gasteiger partial charge in [0.15, 0.2) is 11.4 Å². The average molecular weight is 545 g/mol. The number of nitrogens with one attached hydrogen (secondary N) is 1. The molecule has 0 amide bonds. The highest BCUT2D eigenvalue weighted by Gasteiger charge is 2.19. The maximum Gasteiger partial charge on any atom is 0.196 e. The first-order valence-electron chi connectivity index (χ1n) is 11.8. The summed E-state index contributed by atoms with van der Waals surface area (Å²) in [5.74, 6) is 0.540. The van der Waals surface area contributed by atoms with Crippen LogP contribution in [-0.4, -0.2) is 54.3 Å². The first kappa shape index (κ1) is 26.7. The summed E-state index contributed by atoms with van der Waals surface area (Å²) in [6.07, 6.45) is 7.40. The van der Waals surface area contributed by atoms with Gasteiger partial charge in [-0.15, -0.1) is 24.8 Å². The second-order valence-electron chi connectivity index (χ2n) is 8.85. The lowest BCUT2D eigenvalue weighted by Gasteiger charge is -2.21. The van der Waals surface area contributed by atoms with Gasteiger partial charge in [0.05, 0.1) is 35.3 Å². The van der Waals surface area contributed by atoms with Crippen LogP contribution in [0.5, 0.6) is 5.75 Å². The van der Waals surface area contributed by atoms with Crippen LogP contribution < -0.4 is 10.1 Å². The van der Waals surface area contributed by atoms with E-state index in [9.17, 15) is 0 Å². The molecule has 1 N–H and O–H groups in total. The van der Waals surface area contributed by atoms with E-state index in [1.165, 1.54) is 6.07 Å². The molecule has 1 saturated heterocycles. The zero-order valence-electron chi connectivity index (χ0n) is 20.2. The molecule has 1 aliphatic rings. The van der Waals surface area contributed by atoms with E-state index < -0.39 is 0 Å². The molecule has 0 radical (unpaired) electrons. The van der Waals surface area contributed by atoms with E-state index in [-0.39, 0.29) is 30.6 Å². The molecule has 1 aromatic carbocycles. The Morgan fingerprint density at radius 2 is 1.95 bits per heavy atom. The molecular weight excluding hydrogens is 518 g/mol. The lowest BCUT2D eigenvalue weighted by molar-refractivity contribution is 0.292. The summed E-state index contributed by atoms with van der Waals surface area (Å²) in [6.45, 7) is 4.78. The highest BCUT2D eigenvalue weighted by Crippen LogP contribution is 2.31. The van der Waals surface area contributed by atoms with E-state index in [0.29, 0.717) is 52.6 Å². The van der Waals surface area contributed by atoms with Gasteiger partial charge in [0.1, 0.15) is 12.4 Å². The molecule has 194 valence electrons. The summed E-state index contributed by atoms with van der Waals surface area (Å²) < 4.78 is 24.8. The van der Waals surface area contributed by atoms with Crippen LogP contribution in [-0.2, 0) is 6.54 Å². The highest BCUT2D eigenvalue weighted by atomic mass is 35.5. The fourth-order valence-electron chi connectivity index (χ4n) is 4.57. The lowest BCUT2D eigenvalue weighted by atomic mass is 9.93. The first-order chi connectivity index (χ1) is 17.1. The molecule has 5 aromatic rings. The van der Waals surface area contributed by atoms with Crippen molar-refractivity contribution in [2.24, 2.45) is 0 Å². The second kappa shape index (κ2) is 11.4. The third-order valence-corrected chi connectivity index (χ3v) is 6.38. The number of hydrogen-bond donors (Lipinski definition) is 1. The molecule has 0 aliphatic carbocycles. The number of hydrogen-bond acceptors (Lipinski definition) is 7. The number of fused-ring (bicyclic) bond motifs is 2. The molecule has 9 nitrogen and oxygen atoms in total. The fourth-order valence-corrected chi connectivity index (χ4v) is 4.57. The largest absolute Gasteiger partial charge is 0.488 e. The maximum atomic E-state index is 15.3. The van der Waals surface area contributed by atoms with Crippen molar-refractivity contribution in [1.29, 1.82) is 0 Å². The zero-order chi connectivity index (χ0) is 23.8. The van der Waals surface area contributed by atoms with Gasteiger partial charge in [0.2, 0.25) is 0 Å². The van der Waals surface area contributed by atoms with Gasteiger partial charge in [0, 0.05) is 35.3 Å². The predicted octanol–water partition coefficient (Wildman–Crippen LogP) is 4.37. The van der Waals surface area contributed by atoms with Crippen LogP contribution in [0.4, 0.5) is 4.39 Å². The smallest absolute Gasteiger partial charge is 0.196 e. The molecule has 1 fully saturated rings. The predicted molar refractivity (Wildman–Crippen MR) is 143 cm³/mol. The quantitative estimate of drug-likeness (QED) is 0.339. The van der Waals surface area contributed by atoms with Gasteiger partial charge < -0.3 is 10.1 Å². The normalized spacial score (nSPS) is 13.9. The Labute approximate surface area is 225 Å². The number of rotatable bonds is 6. The van der Waals surface area contributed by atoms with Crippen LogP contribution in [0.2, 0.25) is 0 Å². The van der Waals surface area contributed by atoms with Crippen LogP contribution in [0.3, 0.4) is 0 Å². The average Bonchev–Trinajstić information content (AvgIpc) is 3.53. The molecule has 0 unspecified atom stereocenters. The molecule has 12 heteroatoms. The van der Waals surface area contributed by atoms with Gasteiger partial charge in [-0.05, 0) is 57.1 Å². The molecule has 0 bridgehead atoms. The van der Waals surface area contributed by atoms with Crippen molar-refractivity contribution >= 4 is 41.4 Å². The number of aromatic nitrogens is 7. The minimum absolute atomic E-state index is 0. The number of benzene rings is 1. The lowest BCUT2D eigenvalue weighted by Crippen LogP contribution is -2.27. The van der Waals surface area contributed by atoms with Crippen molar-refractivity contribution < 1.29 is 9.13 Å². The van der Waals surface area contributed by atoms with E-state index in [4.69, 9.17) is 4.74 Å². The van der Waals surface area contributed by atoms with Crippen LogP contribution in [0.25, 0.3) is 27.8 Å². The number of nitrogens with zero attached hydrogens (tertiary/aromatic N) is 7. The summed E-state index contributed by atoms with van der Waals surface area (Å²) in [4.78, 5) is 4.54. The number of aryl methyl sites for hydroxylation is 1. The zero-order valence-corrected chi connectivity index (χ0v) is 21.8. The molecule has 37 heavy (non-hydrogen) atoms. The van der Waals surface area contributed by atoms with Crippen molar-refractivity contribution in [3.63, 3.8) is 0 Å². The van der Waals surface area contributed by atoms with E-state index in [1.807, 2.05) is 37.5 Å².